The van der Waals surface area contributed by atoms with E-state index in [4.69, 9.17) is 9.47 Å². The number of ether oxygens (including phenoxy) is 2. The van der Waals surface area contributed by atoms with Gasteiger partial charge < -0.3 is 19.9 Å². The Morgan fingerprint density at radius 2 is 2.11 bits per heavy atom. The smallest absolute Gasteiger partial charge is 0.128 e. The van der Waals surface area contributed by atoms with Gasteiger partial charge in [-0.05, 0) is 32.4 Å². The molecule has 19 heavy (non-hydrogen) atoms. The Labute approximate surface area is 114 Å². The monoisotopic (exact) mass is 265 g/mol. The molecule has 2 rings (SSSR count). The Balaban J connectivity index is 2.15. The molecule has 0 spiro atoms. The predicted octanol–water partition coefficient (Wildman–Crippen LogP) is 2.10. The summed E-state index contributed by atoms with van der Waals surface area (Å²) in [7, 11) is 3.55. The molecule has 4 heteroatoms. The summed E-state index contributed by atoms with van der Waals surface area (Å²) in [5.74, 6) is 1.58. The van der Waals surface area contributed by atoms with E-state index >= 15 is 0 Å². The van der Waals surface area contributed by atoms with Crippen molar-refractivity contribution in [2.75, 3.05) is 14.2 Å². The molecule has 4 nitrogen and oxygen atoms in total. The van der Waals surface area contributed by atoms with E-state index in [1.807, 2.05) is 25.2 Å². The zero-order valence-electron chi connectivity index (χ0n) is 11.7. The number of hydrogen-bond acceptors (Lipinski definition) is 4. The van der Waals surface area contributed by atoms with Crippen molar-refractivity contribution in [3.63, 3.8) is 0 Å². The maximum absolute atomic E-state index is 10.0. The standard InChI is InChI=1S/C15H23NO3/c1-16-10-11-7-8-12(18-2)9-15(11)19-14-6-4-3-5-13(14)17/h7-9,13-14,16-17H,3-6,10H2,1-2H3. The first kappa shape index (κ1) is 14.2. The summed E-state index contributed by atoms with van der Waals surface area (Å²) in [5, 5.41) is 13.1. The van der Waals surface area contributed by atoms with Gasteiger partial charge in [-0.15, -0.1) is 0 Å². The molecular formula is C15H23NO3. The Morgan fingerprint density at radius 3 is 2.79 bits per heavy atom. The van der Waals surface area contributed by atoms with Gasteiger partial charge in [0, 0.05) is 18.2 Å². The molecule has 1 aromatic carbocycles. The molecule has 0 bridgehead atoms. The van der Waals surface area contributed by atoms with E-state index < -0.39 is 0 Å². The van der Waals surface area contributed by atoms with E-state index in [0.29, 0.717) is 0 Å². The van der Waals surface area contributed by atoms with Crippen LogP contribution >= 0.6 is 0 Å². The Morgan fingerprint density at radius 1 is 1.32 bits per heavy atom. The van der Waals surface area contributed by atoms with E-state index in [0.717, 1.165) is 49.3 Å². The second-order valence-electron chi connectivity index (χ2n) is 5.01. The van der Waals surface area contributed by atoms with Crippen molar-refractivity contribution in [1.82, 2.24) is 5.32 Å². The molecule has 0 aliphatic heterocycles. The maximum atomic E-state index is 10.0. The molecule has 1 aliphatic carbocycles. The molecule has 1 fully saturated rings. The van der Waals surface area contributed by atoms with Gasteiger partial charge in [0.2, 0.25) is 0 Å². The molecule has 2 unspecified atom stereocenters. The van der Waals surface area contributed by atoms with Crippen LogP contribution in [-0.2, 0) is 6.54 Å². The van der Waals surface area contributed by atoms with Crippen LogP contribution in [0.4, 0.5) is 0 Å². The topological polar surface area (TPSA) is 50.7 Å². The Bertz CT molecular complexity index is 408. The molecule has 106 valence electrons. The van der Waals surface area contributed by atoms with Gasteiger partial charge in [-0.3, -0.25) is 0 Å². The molecule has 0 saturated heterocycles. The van der Waals surface area contributed by atoms with Crippen molar-refractivity contribution in [1.29, 1.82) is 0 Å². The second-order valence-corrected chi connectivity index (χ2v) is 5.01. The molecule has 0 radical (unpaired) electrons. The van der Waals surface area contributed by atoms with Crippen LogP contribution in [0, 0.1) is 0 Å². The number of aliphatic hydroxyl groups is 1. The lowest BCUT2D eigenvalue weighted by molar-refractivity contribution is 0.00627. The summed E-state index contributed by atoms with van der Waals surface area (Å²) < 4.78 is 11.3. The van der Waals surface area contributed by atoms with E-state index in [1.165, 1.54) is 0 Å². The summed E-state index contributed by atoms with van der Waals surface area (Å²) >= 11 is 0. The van der Waals surface area contributed by atoms with Crippen LogP contribution in [0.2, 0.25) is 0 Å². The highest BCUT2D eigenvalue weighted by molar-refractivity contribution is 5.41. The van der Waals surface area contributed by atoms with Crippen molar-refractivity contribution >= 4 is 0 Å². The highest BCUT2D eigenvalue weighted by atomic mass is 16.5. The number of nitrogens with one attached hydrogen (secondary N) is 1. The van der Waals surface area contributed by atoms with Crippen molar-refractivity contribution < 1.29 is 14.6 Å². The fraction of sp³-hybridized carbons (Fsp3) is 0.600. The summed E-state index contributed by atoms with van der Waals surface area (Å²) in [6, 6.07) is 5.82. The van der Waals surface area contributed by atoms with E-state index in [-0.39, 0.29) is 12.2 Å². The van der Waals surface area contributed by atoms with Crippen LogP contribution in [-0.4, -0.2) is 31.5 Å². The zero-order chi connectivity index (χ0) is 13.7. The third-order valence-electron chi connectivity index (χ3n) is 3.59. The SMILES string of the molecule is CNCc1ccc(OC)cc1OC1CCCCC1O. The van der Waals surface area contributed by atoms with Gasteiger partial charge in [0.15, 0.2) is 0 Å². The lowest BCUT2D eigenvalue weighted by atomic mass is 9.95. The molecule has 0 amide bonds. The number of rotatable bonds is 5. The average Bonchev–Trinajstić information content (AvgIpc) is 2.43. The fourth-order valence-electron chi connectivity index (χ4n) is 2.49. The van der Waals surface area contributed by atoms with Crippen molar-refractivity contribution in [3.05, 3.63) is 23.8 Å². The highest BCUT2D eigenvalue weighted by Gasteiger charge is 2.25. The van der Waals surface area contributed by atoms with Crippen LogP contribution in [0.5, 0.6) is 11.5 Å². The van der Waals surface area contributed by atoms with Crippen molar-refractivity contribution in [2.45, 2.75) is 44.4 Å². The second kappa shape index (κ2) is 6.78. The number of benzene rings is 1. The quantitative estimate of drug-likeness (QED) is 0.856. The molecule has 0 aromatic heterocycles. The van der Waals surface area contributed by atoms with Crippen LogP contribution in [0.3, 0.4) is 0 Å². The summed E-state index contributed by atoms with van der Waals surface area (Å²) in [4.78, 5) is 0. The lowest BCUT2D eigenvalue weighted by Gasteiger charge is -2.29. The summed E-state index contributed by atoms with van der Waals surface area (Å²) in [6.07, 6.45) is 3.49. The van der Waals surface area contributed by atoms with E-state index in [1.54, 1.807) is 7.11 Å². The van der Waals surface area contributed by atoms with Crippen LogP contribution in [0.15, 0.2) is 18.2 Å². The van der Waals surface area contributed by atoms with Crippen LogP contribution < -0.4 is 14.8 Å². The van der Waals surface area contributed by atoms with Gasteiger partial charge in [-0.2, -0.15) is 0 Å². The number of methoxy groups -OCH3 is 1. The third-order valence-corrected chi connectivity index (χ3v) is 3.59. The molecule has 1 aliphatic rings. The van der Waals surface area contributed by atoms with Gasteiger partial charge >= 0.3 is 0 Å². The minimum Gasteiger partial charge on any atom is -0.497 e. The Kier molecular flexibility index (Phi) is 5.05. The molecule has 1 saturated carbocycles. The molecule has 2 atom stereocenters. The van der Waals surface area contributed by atoms with Gasteiger partial charge in [0.05, 0.1) is 13.2 Å². The first-order chi connectivity index (χ1) is 9.24. The van der Waals surface area contributed by atoms with Crippen LogP contribution in [0.25, 0.3) is 0 Å². The minimum absolute atomic E-state index is 0.100. The highest BCUT2D eigenvalue weighted by Crippen LogP contribution is 2.29. The predicted molar refractivity (Wildman–Crippen MR) is 74.6 cm³/mol. The fourth-order valence-corrected chi connectivity index (χ4v) is 2.49. The molecular weight excluding hydrogens is 242 g/mol. The first-order valence-corrected chi connectivity index (χ1v) is 6.91. The van der Waals surface area contributed by atoms with Crippen LogP contribution in [0.1, 0.15) is 31.2 Å². The summed E-state index contributed by atoms with van der Waals surface area (Å²) in [6.45, 7) is 0.738. The third kappa shape index (κ3) is 3.61. The van der Waals surface area contributed by atoms with Gasteiger partial charge in [-0.1, -0.05) is 12.5 Å². The van der Waals surface area contributed by atoms with E-state index in [9.17, 15) is 5.11 Å². The molecule has 0 heterocycles. The van der Waals surface area contributed by atoms with Gasteiger partial charge in [-0.25, -0.2) is 0 Å². The van der Waals surface area contributed by atoms with Crippen molar-refractivity contribution in [2.24, 2.45) is 0 Å². The number of aliphatic hydroxyl groups excluding tert-OH is 1. The minimum atomic E-state index is -0.359. The van der Waals surface area contributed by atoms with Gasteiger partial charge in [0.25, 0.3) is 0 Å². The lowest BCUT2D eigenvalue weighted by Crippen LogP contribution is -2.35. The first-order valence-electron chi connectivity index (χ1n) is 6.91. The largest absolute Gasteiger partial charge is 0.497 e. The summed E-state index contributed by atoms with van der Waals surface area (Å²) in [5.41, 5.74) is 1.08. The number of hydrogen-bond donors (Lipinski definition) is 2. The maximum Gasteiger partial charge on any atom is 0.128 e. The molecule has 2 N–H and O–H groups in total. The van der Waals surface area contributed by atoms with E-state index in [2.05, 4.69) is 5.32 Å². The van der Waals surface area contributed by atoms with Gasteiger partial charge in [0.1, 0.15) is 17.6 Å². The average molecular weight is 265 g/mol. The van der Waals surface area contributed by atoms with Crippen molar-refractivity contribution in [3.8, 4) is 11.5 Å². The normalized spacial score (nSPS) is 23.1. The zero-order valence-corrected chi connectivity index (χ0v) is 11.7. The Hall–Kier alpha value is -1.26. The molecule has 1 aromatic rings.